The highest BCUT2D eigenvalue weighted by Crippen LogP contribution is 2.19. The van der Waals surface area contributed by atoms with Crippen LogP contribution in [0.1, 0.15) is 52.0 Å². The summed E-state index contributed by atoms with van der Waals surface area (Å²) in [5, 5.41) is 0. The second-order valence-corrected chi connectivity index (χ2v) is 7.70. The molecule has 0 atom stereocenters. The molecule has 4 rings (SSSR count). The third-order valence-corrected chi connectivity index (χ3v) is 5.13. The number of carbonyl (C=O) groups is 1. The summed E-state index contributed by atoms with van der Waals surface area (Å²) in [4.78, 5) is 45.7. The van der Waals surface area contributed by atoms with E-state index < -0.39 is 11.2 Å². The Kier molecular flexibility index (Phi) is 5.42. The van der Waals surface area contributed by atoms with Crippen molar-refractivity contribution >= 4 is 16.9 Å². The second kappa shape index (κ2) is 8.18. The first-order valence-corrected chi connectivity index (χ1v) is 10.2. The molecule has 0 spiro atoms. The van der Waals surface area contributed by atoms with Crippen LogP contribution in [0, 0.1) is 13.8 Å². The number of aromatic amines is 1. The zero-order valence-electron chi connectivity index (χ0n) is 17.7. The average Bonchev–Trinajstić information content (AvgIpc) is 3.13. The molecule has 0 amide bonds. The van der Waals surface area contributed by atoms with Crippen LogP contribution in [0.2, 0.25) is 0 Å². The largest absolute Gasteiger partial charge is 0.439 e. The molecule has 7 heteroatoms. The van der Waals surface area contributed by atoms with Gasteiger partial charge in [0.2, 0.25) is 11.7 Å². The van der Waals surface area contributed by atoms with Gasteiger partial charge < -0.3 is 4.42 Å². The van der Waals surface area contributed by atoms with E-state index in [1.165, 1.54) is 4.57 Å². The predicted molar refractivity (Wildman–Crippen MR) is 118 cm³/mol. The number of rotatable bonds is 6. The Morgan fingerprint density at radius 2 is 1.81 bits per heavy atom. The highest BCUT2D eigenvalue weighted by molar-refractivity contribution is 6.09. The number of hydrogen-bond donors (Lipinski definition) is 1. The molecule has 7 nitrogen and oxygen atoms in total. The van der Waals surface area contributed by atoms with E-state index in [4.69, 9.17) is 4.42 Å². The number of para-hydroxylation sites is 2. The number of nitrogens with one attached hydrogen (secondary N) is 1. The van der Waals surface area contributed by atoms with Gasteiger partial charge in [0.15, 0.2) is 5.58 Å². The third kappa shape index (κ3) is 3.99. The number of benzene rings is 2. The molecule has 2 aromatic heterocycles. The van der Waals surface area contributed by atoms with Gasteiger partial charge in [0.1, 0.15) is 17.8 Å². The van der Waals surface area contributed by atoms with Crippen molar-refractivity contribution in [1.29, 1.82) is 0 Å². The molecule has 0 bridgehead atoms. The van der Waals surface area contributed by atoms with Crippen molar-refractivity contribution < 1.29 is 9.21 Å². The van der Waals surface area contributed by atoms with E-state index in [1.807, 2.05) is 45.0 Å². The number of oxazole rings is 1. The lowest BCUT2D eigenvalue weighted by molar-refractivity contribution is 0.102. The fraction of sp³-hybridized carbons (Fsp3) is 0.250. The van der Waals surface area contributed by atoms with Gasteiger partial charge in [-0.25, -0.2) is 9.78 Å². The summed E-state index contributed by atoms with van der Waals surface area (Å²) in [7, 11) is 0. The highest BCUT2D eigenvalue weighted by Gasteiger charge is 2.24. The number of aromatic nitrogens is 3. The Hall–Kier alpha value is -3.74. The third-order valence-electron chi connectivity index (χ3n) is 5.13. The smallest absolute Gasteiger partial charge is 0.329 e. The highest BCUT2D eigenvalue weighted by atomic mass is 16.3. The van der Waals surface area contributed by atoms with Crippen molar-refractivity contribution in [2.45, 2.75) is 40.2 Å². The van der Waals surface area contributed by atoms with Gasteiger partial charge in [-0.15, -0.1) is 0 Å². The molecule has 1 N–H and O–H groups in total. The minimum absolute atomic E-state index is 0.0626. The van der Waals surface area contributed by atoms with Gasteiger partial charge in [-0.2, -0.15) is 0 Å². The van der Waals surface area contributed by atoms with E-state index in [0.717, 1.165) is 11.1 Å². The molecule has 0 fully saturated rings. The molecule has 4 aromatic rings. The zero-order valence-corrected chi connectivity index (χ0v) is 17.7. The molecule has 31 heavy (non-hydrogen) atoms. The van der Waals surface area contributed by atoms with E-state index >= 15 is 0 Å². The summed E-state index contributed by atoms with van der Waals surface area (Å²) < 4.78 is 7.02. The summed E-state index contributed by atoms with van der Waals surface area (Å²) in [6.45, 7) is 5.66. The summed E-state index contributed by atoms with van der Waals surface area (Å²) in [5.41, 5.74) is 2.72. The minimum Gasteiger partial charge on any atom is -0.439 e. The summed E-state index contributed by atoms with van der Waals surface area (Å²) in [6.07, 6.45) is 1.02. The molecule has 0 radical (unpaired) electrons. The van der Waals surface area contributed by atoms with E-state index in [0.29, 0.717) is 35.1 Å². The Balaban J connectivity index is 1.91. The van der Waals surface area contributed by atoms with Gasteiger partial charge in [0.05, 0.1) is 0 Å². The van der Waals surface area contributed by atoms with Crippen molar-refractivity contribution in [3.63, 3.8) is 0 Å². The lowest BCUT2D eigenvalue weighted by Crippen LogP contribution is -2.37. The average molecular weight is 417 g/mol. The van der Waals surface area contributed by atoms with Crippen LogP contribution in [-0.4, -0.2) is 20.3 Å². The van der Waals surface area contributed by atoms with Crippen molar-refractivity contribution in [2.24, 2.45) is 0 Å². The van der Waals surface area contributed by atoms with Crippen LogP contribution < -0.4 is 11.2 Å². The maximum absolute atomic E-state index is 13.6. The van der Waals surface area contributed by atoms with E-state index in [2.05, 4.69) is 9.97 Å². The number of fused-ring (bicyclic) bond motifs is 1. The lowest BCUT2D eigenvalue weighted by atomic mass is 9.98. The molecule has 2 aromatic carbocycles. The number of ketones is 1. The first-order valence-electron chi connectivity index (χ1n) is 10.2. The van der Waals surface area contributed by atoms with Crippen LogP contribution in [0.5, 0.6) is 0 Å². The number of hydrogen-bond acceptors (Lipinski definition) is 5. The predicted octanol–water partition coefficient (Wildman–Crippen LogP) is 3.53. The molecule has 2 heterocycles. The first kappa shape index (κ1) is 20.5. The van der Waals surface area contributed by atoms with Crippen molar-refractivity contribution in [1.82, 2.24) is 14.5 Å². The fourth-order valence-corrected chi connectivity index (χ4v) is 3.87. The first-order chi connectivity index (χ1) is 14.9. The number of carbonyl (C=O) groups excluding carboxylic acids is 1. The van der Waals surface area contributed by atoms with Crippen LogP contribution in [-0.2, 0) is 13.0 Å². The van der Waals surface area contributed by atoms with Crippen LogP contribution in [0.25, 0.3) is 11.1 Å². The topological polar surface area (TPSA) is 98.0 Å². The van der Waals surface area contributed by atoms with Crippen molar-refractivity contribution in [3.8, 4) is 0 Å². The van der Waals surface area contributed by atoms with Crippen LogP contribution in [0.4, 0.5) is 0 Å². The van der Waals surface area contributed by atoms with Crippen LogP contribution in [0.3, 0.4) is 0 Å². The molecular weight excluding hydrogens is 394 g/mol. The minimum atomic E-state index is -0.667. The molecular formula is C24H23N3O4. The van der Waals surface area contributed by atoms with Crippen molar-refractivity contribution in [2.75, 3.05) is 0 Å². The monoisotopic (exact) mass is 417 g/mol. The Labute approximate surface area is 178 Å². The van der Waals surface area contributed by atoms with Gasteiger partial charge >= 0.3 is 5.69 Å². The number of aryl methyl sites for hydroxylation is 2. The van der Waals surface area contributed by atoms with Gasteiger partial charge in [0, 0.05) is 11.1 Å². The summed E-state index contributed by atoms with van der Waals surface area (Å²) in [5.74, 6) is -0.0816. The number of H-pyrrole nitrogens is 1. The Bertz CT molecular complexity index is 1360. The van der Waals surface area contributed by atoms with Gasteiger partial charge in [0.25, 0.3) is 5.56 Å². The zero-order chi connectivity index (χ0) is 22.1. The SMILES string of the molecule is CCCc1c(C(=O)c2cc(C)cc(C)c2)n(Cc2nc3ccccc3o2)c(=O)[nH]c1=O. The summed E-state index contributed by atoms with van der Waals surface area (Å²) >= 11 is 0. The number of nitrogens with zero attached hydrogens (tertiary/aromatic N) is 2. The Morgan fingerprint density at radius 1 is 1.10 bits per heavy atom. The van der Waals surface area contributed by atoms with E-state index in [1.54, 1.807) is 18.2 Å². The molecule has 0 unspecified atom stereocenters. The maximum atomic E-state index is 13.6. The maximum Gasteiger partial charge on any atom is 0.329 e. The van der Waals surface area contributed by atoms with Gasteiger partial charge in [-0.1, -0.05) is 42.7 Å². The van der Waals surface area contributed by atoms with E-state index in [9.17, 15) is 14.4 Å². The second-order valence-electron chi connectivity index (χ2n) is 7.70. The lowest BCUT2D eigenvalue weighted by Gasteiger charge is -2.15. The fourth-order valence-electron chi connectivity index (χ4n) is 3.87. The summed E-state index contributed by atoms with van der Waals surface area (Å²) in [6, 6.07) is 12.8. The van der Waals surface area contributed by atoms with Crippen LogP contribution in [0.15, 0.2) is 56.5 Å². The molecule has 0 aliphatic rings. The van der Waals surface area contributed by atoms with Crippen molar-refractivity contribution in [3.05, 3.63) is 97.1 Å². The van der Waals surface area contributed by atoms with E-state index in [-0.39, 0.29) is 23.9 Å². The standard InChI is InChI=1S/C24H23N3O4/c1-4-7-17-21(22(28)16-11-14(2)10-15(3)12-16)27(24(30)26-23(17)29)13-20-25-18-8-5-6-9-19(18)31-20/h5-6,8-12H,4,7,13H2,1-3H3,(H,26,29,30). The molecule has 158 valence electrons. The molecule has 0 saturated carbocycles. The van der Waals surface area contributed by atoms with Crippen LogP contribution >= 0.6 is 0 Å². The normalized spacial score (nSPS) is 11.2. The van der Waals surface area contributed by atoms with Gasteiger partial charge in [-0.3, -0.25) is 19.1 Å². The van der Waals surface area contributed by atoms with Gasteiger partial charge in [-0.05, 0) is 44.5 Å². The molecule has 0 aliphatic carbocycles. The Morgan fingerprint density at radius 3 is 2.48 bits per heavy atom. The molecule has 0 saturated heterocycles. The quantitative estimate of drug-likeness (QED) is 0.484. The molecule has 0 aliphatic heterocycles.